The number of fused-ring (bicyclic) bond motifs is 2. The lowest BCUT2D eigenvalue weighted by molar-refractivity contribution is 0.0279. The molecule has 0 spiro atoms. The average Bonchev–Trinajstić information content (AvgIpc) is 3.19. The smallest absolute Gasteiger partial charge is 0.410 e. The number of likely N-dealkylation sites (tertiary alicyclic amines) is 1. The second-order valence-electron chi connectivity index (χ2n) is 9.04. The summed E-state index contributed by atoms with van der Waals surface area (Å²) in [5, 5.41) is 1.55. The number of hydrogen-bond donors (Lipinski definition) is 0. The Hall–Kier alpha value is -2.19. The molecule has 0 radical (unpaired) electrons. The van der Waals surface area contributed by atoms with E-state index < -0.39 is 15.6 Å². The topological polar surface area (TPSA) is 79.8 Å². The van der Waals surface area contributed by atoms with Crippen molar-refractivity contribution in [2.75, 3.05) is 26.2 Å². The second kappa shape index (κ2) is 6.95. The number of carbonyl (C=O) groups excluding carboxylic acids is 1. The van der Waals surface area contributed by atoms with Crippen LogP contribution in [0.5, 0.6) is 0 Å². The summed E-state index contributed by atoms with van der Waals surface area (Å²) in [5.41, 5.74) is 0.308. The summed E-state index contributed by atoms with van der Waals surface area (Å²) < 4.78 is 33.9. The Morgan fingerprint density at radius 2 is 1.76 bits per heavy atom. The highest BCUT2D eigenvalue weighted by Gasteiger charge is 2.46. The second-order valence-corrected chi connectivity index (χ2v) is 10.9. The fourth-order valence-electron chi connectivity index (χ4n) is 4.35. The number of aryl methyl sites for hydroxylation is 1. The van der Waals surface area contributed by atoms with Gasteiger partial charge in [-0.15, -0.1) is 0 Å². The molecule has 4 rings (SSSR count). The number of sulfonamides is 1. The molecule has 2 aliphatic rings. The molecular formula is C21H27N3O4S. The van der Waals surface area contributed by atoms with Gasteiger partial charge in [-0.05, 0) is 51.2 Å². The first-order valence-corrected chi connectivity index (χ1v) is 11.3. The van der Waals surface area contributed by atoms with E-state index in [1.54, 1.807) is 33.7 Å². The van der Waals surface area contributed by atoms with Crippen molar-refractivity contribution in [3.05, 3.63) is 36.2 Å². The quantitative estimate of drug-likeness (QED) is 0.750. The predicted molar refractivity (Wildman–Crippen MR) is 110 cm³/mol. The standard InChI is InChI=1S/C21H27N3O4S/c1-14-8-22-9-15-6-5-7-18(19(14)15)29(26,27)24-12-16-10-23(11-17(16)13-24)20(25)28-21(2,3)4/h5-9,16-17H,10-13H2,1-4H3/t16-,17+. The highest BCUT2D eigenvalue weighted by atomic mass is 32.2. The molecular weight excluding hydrogens is 390 g/mol. The molecule has 1 amide bonds. The van der Waals surface area contributed by atoms with Crippen LogP contribution < -0.4 is 0 Å². The van der Waals surface area contributed by atoms with Crippen LogP contribution in [0.25, 0.3) is 10.8 Å². The van der Waals surface area contributed by atoms with Crippen molar-refractivity contribution in [2.45, 2.75) is 38.2 Å². The Labute approximate surface area is 171 Å². The number of hydrogen-bond acceptors (Lipinski definition) is 5. The number of amides is 1. The van der Waals surface area contributed by atoms with E-state index in [1.807, 2.05) is 33.8 Å². The molecule has 1 aromatic heterocycles. The molecule has 2 atom stereocenters. The number of pyridine rings is 1. The average molecular weight is 418 g/mol. The van der Waals surface area contributed by atoms with E-state index in [4.69, 9.17) is 4.74 Å². The van der Waals surface area contributed by atoms with Gasteiger partial charge in [-0.25, -0.2) is 13.2 Å². The normalized spacial score (nSPS) is 22.8. The van der Waals surface area contributed by atoms with Crippen LogP contribution in [-0.2, 0) is 14.8 Å². The zero-order valence-corrected chi connectivity index (χ0v) is 18.1. The Bertz CT molecular complexity index is 1040. The van der Waals surface area contributed by atoms with E-state index in [-0.39, 0.29) is 17.9 Å². The van der Waals surface area contributed by atoms with Gasteiger partial charge in [0.05, 0.1) is 4.90 Å². The molecule has 2 saturated heterocycles. The Morgan fingerprint density at radius 3 is 2.38 bits per heavy atom. The van der Waals surface area contributed by atoms with Gasteiger partial charge in [0.2, 0.25) is 10.0 Å². The molecule has 8 heteroatoms. The highest BCUT2D eigenvalue weighted by Crippen LogP contribution is 2.36. The van der Waals surface area contributed by atoms with Crippen molar-refractivity contribution in [2.24, 2.45) is 11.8 Å². The lowest BCUT2D eigenvalue weighted by Gasteiger charge is -2.26. The number of ether oxygens (including phenoxy) is 1. The predicted octanol–water partition coefficient (Wildman–Crippen LogP) is 3.03. The van der Waals surface area contributed by atoms with Crippen LogP contribution >= 0.6 is 0 Å². The molecule has 0 bridgehead atoms. The SMILES string of the molecule is Cc1cncc2cccc(S(=O)(=O)N3C[C@H]4CN(C(=O)OC(C)(C)C)C[C@H]4C3)c12. The molecule has 2 fully saturated rings. The van der Waals surface area contributed by atoms with Gasteiger partial charge in [0.25, 0.3) is 0 Å². The summed E-state index contributed by atoms with van der Waals surface area (Å²) in [6.45, 7) is 9.33. The van der Waals surface area contributed by atoms with Gasteiger partial charge in [0.1, 0.15) is 5.60 Å². The Kier molecular flexibility index (Phi) is 4.82. The van der Waals surface area contributed by atoms with Crippen LogP contribution in [0, 0.1) is 18.8 Å². The molecule has 3 heterocycles. The van der Waals surface area contributed by atoms with Crippen molar-refractivity contribution in [1.29, 1.82) is 0 Å². The number of nitrogens with zero attached hydrogens (tertiary/aromatic N) is 3. The minimum Gasteiger partial charge on any atom is -0.444 e. The number of carbonyl (C=O) groups is 1. The van der Waals surface area contributed by atoms with Crippen molar-refractivity contribution < 1.29 is 17.9 Å². The van der Waals surface area contributed by atoms with Gasteiger partial charge in [0, 0.05) is 49.3 Å². The fraction of sp³-hybridized carbons (Fsp3) is 0.524. The lowest BCUT2D eigenvalue weighted by Crippen LogP contribution is -2.38. The van der Waals surface area contributed by atoms with E-state index in [0.29, 0.717) is 31.1 Å². The summed E-state index contributed by atoms with van der Waals surface area (Å²) in [6, 6.07) is 5.31. The molecule has 0 saturated carbocycles. The minimum absolute atomic E-state index is 0.134. The molecule has 0 unspecified atom stereocenters. The lowest BCUT2D eigenvalue weighted by atomic mass is 10.0. The number of aromatic nitrogens is 1. The maximum atomic E-state index is 13.4. The van der Waals surface area contributed by atoms with E-state index in [0.717, 1.165) is 16.3 Å². The van der Waals surface area contributed by atoms with Gasteiger partial charge in [-0.1, -0.05) is 12.1 Å². The third kappa shape index (κ3) is 3.71. The molecule has 2 aliphatic heterocycles. The summed E-state index contributed by atoms with van der Waals surface area (Å²) in [7, 11) is -3.63. The van der Waals surface area contributed by atoms with E-state index in [9.17, 15) is 13.2 Å². The third-order valence-electron chi connectivity index (χ3n) is 5.66. The largest absolute Gasteiger partial charge is 0.444 e. The fourth-order valence-corrected chi connectivity index (χ4v) is 6.19. The minimum atomic E-state index is -3.63. The van der Waals surface area contributed by atoms with Gasteiger partial charge in [0.15, 0.2) is 0 Å². The zero-order valence-electron chi connectivity index (χ0n) is 17.3. The van der Waals surface area contributed by atoms with E-state index >= 15 is 0 Å². The van der Waals surface area contributed by atoms with Crippen LogP contribution in [0.1, 0.15) is 26.3 Å². The van der Waals surface area contributed by atoms with Gasteiger partial charge in [-0.3, -0.25) is 4.98 Å². The van der Waals surface area contributed by atoms with E-state index in [1.165, 1.54) is 0 Å². The van der Waals surface area contributed by atoms with Crippen LogP contribution in [-0.4, -0.2) is 60.5 Å². The number of benzene rings is 1. The molecule has 0 aliphatic carbocycles. The Balaban J connectivity index is 1.54. The van der Waals surface area contributed by atoms with Crippen molar-refractivity contribution in [3.63, 3.8) is 0 Å². The molecule has 29 heavy (non-hydrogen) atoms. The Morgan fingerprint density at radius 1 is 1.10 bits per heavy atom. The first-order valence-electron chi connectivity index (χ1n) is 9.88. The summed E-state index contributed by atoms with van der Waals surface area (Å²) in [5.74, 6) is 0.269. The van der Waals surface area contributed by atoms with Crippen LogP contribution in [0.15, 0.2) is 35.5 Å². The van der Waals surface area contributed by atoms with Gasteiger partial charge >= 0.3 is 6.09 Å². The maximum absolute atomic E-state index is 13.4. The third-order valence-corrected chi connectivity index (χ3v) is 7.53. The van der Waals surface area contributed by atoms with Crippen molar-refractivity contribution >= 4 is 26.9 Å². The van der Waals surface area contributed by atoms with Crippen LogP contribution in [0.3, 0.4) is 0 Å². The van der Waals surface area contributed by atoms with Crippen molar-refractivity contribution in [3.8, 4) is 0 Å². The zero-order chi connectivity index (χ0) is 21.0. The molecule has 0 N–H and O–H groups in total. The molecule has 2 aromatic rings. The summed E-state index contributed by atoms with van der Waals surface area (Å²) >= 11 is 0. The van der Waals surface area contributed by atoms with E-state index in [2.05, 4.69) is 4.98 Å². The molecule has 1 aromatic carbocycles. The van der Waals surface area contributed by atoms with Crippen LogP contribution in [0.4, 0.5) is 4.79 Å². The van der Waals surface area contributed by atoms with Gasteiger partial charge < -0.3 is 9.64 Å². The summed E-state index contributed by atoms with van der Waals surface area (Å²) in [6.07, 6.45) is 3.07. The van der Waals surface area contributed by atoms with Crippen molar-refractivity contribution in [1.82, 2.24) is 14.2 Å². The maximum Gasteiger partial charge on any atom is 0.410 e. The number of rotatable bonds is 2. The first-order chi connectivity index (χ1) is 13.6. The van der Waals surface area contributed by atoms with Gasteiger partial charge in [-0.2, -0.15) is 4.31 Å². The first kappa shape index (κ1) is 20.1. The summed E-state index contributed by atoms with van der Waals surface area (Å²) in [4.78, 5) is 18.6. The molecule has 156 valence electrons. The monoisotopic (exact) mass is 417 g/mol. The molecule has 7 nitrogen and oxygen atoms in total. The van der Waals surface area contributed by atoms with Crippen LogP contribution in [0.2, 0.25) is 0 Å². The highest BCUT2D eigenvalue weighted by molar-refractivity contribution is 7.89.